The van der Waals surface area contributed by atoms with E-state index in [1.807, 2.05) is 0 Å². The van der Waals surface area contributed by atoms with Crippen molar-refractivity contribution >= 4 is 83.9 Å². The van der Waals surface area contributed by atoms with E-state index in [0.717, 1.165) is 23.5 Å². The number of anilines is 4. The Morgan fingerprint density at radius 2 is 1.60 bits per heavy atom. The average molecular weight is 793 g/mol. The monoisotopic (exact) mass is 792 g/mol. The first-order valence-electron chi connectivity index (χ1n) is 14.7. The first kappa shape index (κ1) is 40.4. The highest BCUT2D eigenvalue weighted by Crippen LogP contribution is 2.34. The molecule has 0 fully saturated rings. The summed E-state index contributed by atoms with van der Waals surface area (Å²) in [7, 11) is -8.23. The number of halogens is 1. The van der Waals surface area contributed by atoms with E-state index in [2.05, 4.69) is 67.3 Å². The van der Waals surface area contributed by atoms with Gasteiger partial charge in [0.05, 0.1) is 48.1 Å². The summed E-state index contributed by atoms with van der Waals surface area (Å²) in [5, 5.41) is 36.7. The topological polar surface area (TPSA) is 278 Å². The van der Waals surface area contributed by atoms with E-state index >= 15 is 0 Å². The zero-order chi connectivity index (χ0) is 38.4. The minimum absolute atomic E-state index is 0.0553. The Morgan fingerprint density at radius 3 is 2.30 bits per heavy atom. The smallest absolute Gasteiger partial charge is 0.315 e. The van der Waals surface area contributed by atoms with Crippen molar-refractivity contribution in [2.45, 2.75) is 16.7 Å². The van der Waals surface area contributed by atoms with E-state index in [9.17, 15) is 30.6 Å². The molecule has 0 aliphatic carbocycles. The van der Waals surface area contributed by atoms with Gasteiger partial charge < -0.3 is 20.7 Å². The number of ether oxygens (including phenoxy) is 1. The minimum Gasteiger partial charge on any atom is -0.379 e. The van der Waals surface area contributed by atoms with E-state index in [-0.39, 0.29) is 65.8 Å². The van der Waals surface area contributed by atoms with Crippen LogP contribution in [-0.2, 0) is 38.9 Å². The van der Waals surface area contributed by atoms with Crippen LogP contribution in [0.5, 0.6) is 0 Å². The third-order valence-electron chi connectivity index (χ3n) is 6.23. The molecule has 4 aromatic rings. The van der Waals surface area contributed by atoms with E-state index in [4.69, 9.17) is 9.99 Å². The average Bonchev–Trinajstić information content (AvgIpc) is 3.10. The number of hydrogen-bond acceptors (Lipinski definition) is 19. The highest BCUT2D eigenvalue weighted by Gasteiger charge is 2.17. The molecule has 0 radical (unpaired) electrons. The molecule has 0 atom stereocenters. The standard InChI is InChI=1S/C29H29FN10O10S3/c1-3-52(43,44)15-14-48-13-12-31-28-34-27(30)35-29(36-28)33-20-6-10-23(25(16-20)32-18(2)41)39-40-24-11-7-21(17-26(24)53(45,46)47)38-37-19-4-8-22(9-5-19)51-50-49-42/h3-11,16-17,42H,1,12-15H2,2H3,(H,32,41)(H,45,46,47)(H2,31,33,34,35,36). The number of carbonyl (C=O) groups excluding carboxylic acids is 1. The highest BCUT2D eigenvalue weighted by molar-refractivity contribution is 7.94. The number of carbonyl (C=O) groups is 1. The quantitative estimate of drug-likeness (QED) is 0.0176. The molecule has 53 heavy (non-hydrogen) atoms. The number of sulfone groups is 1. The molecule has 1 aromatic heterocycles. The molecule has 0 unspecified atom stereocenters. The molecule has 0 bridgehead atoms. The van der Waals surface area contributed by atoms with Crippen molar-refractivity contribution in [2.24, 2.45) is 20.5 Å². The molecule has 24 heteroatoms. The molecule has 280 valence electrons. The summed E-state index contributed by atoms with van der Waals surface area (Å²) < 4.78 is 81.0. The Morgan fingerprint density at radius 1 is 0.925 bits per heavy atom. The summed E-state index contributed by atoms with van der Waals surface area (Å²) in [4.78, 5) is 23.2. The third kappa shape index (κ3) is 13.3. The minimum atomic E-state index is -4.82. The van der Waals surface area contributed by atoms with Crippen LogP contribution in [0.1, 0.15) is 6.92 Å². The lowest BCUT2D eigenvalue weighted by molar-refractivity contribution is -0.432. The molecule has 1 heterocycles. The molecular formula is C29H29FN10O10S3. The normalized spacial score (nSPS) is 11.9. The summed E-state index contributed by atoms with van der Waals surface area (Å²) in [5.74, 6) is -1.09. The van der Waals surface area contributed by atoms with Gasteiger partial charge in [-0.25, -0.2) is 13.7 Å². The lowest BCUT2D eigenvalue weighted by Crippen LogP contribution is -2.16. The van der Waals surface area contributed by atoms with Gasteiger partial charge in [0.25, 0.3) is 10.1 Å². The summed E-state index contributed by atoms with van der Waals surface area (Å²) in [6.45, 7) is 4.57. The summed E-state index contributed by atoms with van der Waals surface area (Å²) in [6.07, 6.45) is -1.12. The van der Waals surface area contributed by atoms with Crippen LogP contribution in [0.4, 0.5) is 50.4 Å². The van der Waals surface area contributed by atoms with E-state index in [0.29, 0.717) is 10.6 Å². The molecule has 5 N–H and O–H groups in total. The number of rotatable bonds is 19. The van der Waals surface area contributed by atoms with E-state index < -0.39 is 36.8 Å². The number of hydrogen-bond donors (Lipinski definition) is 5. The molecule has 0 aliphatic rings. The van der Waals surface area contributed by atoms with Crippen LogP contribution in [0.15, 0.2) is 103 Å². The second kappa shape index (κ2) is 18.9. The van der Waals surface area contributed by atoms with Crippen molar-refractivity contribution < 1.29 is 49.9 Å². The molecule has 0 saturated heterocycles. The van der Waals surface area contributed by atoms with Crippen molar-refractivity contribution in [3.05, 3.63) is 78.7 Å². The lowest BCUT2D eigenvalue weighted by Gasteiger charge is -2.11. The number of azo groups is 2. The summed E-state index contributed by atoms with van der Waals surface area (Å²) in [5.41, 5.74) is 0.621. The number of amides is 1. The largest absolute Gasteiger partial charge is 0.379 e. The van der Waals surface area contributed by atoms with Crippen LogP contribution in [0, 0.1) is 6.08 Å². The maximum Gasteiger partial charge on any atom is 0.315 e. The predicted octanol–water partition coefficient (Wildman–Crippen LogP) is 6.21. The highest BCUT2D eigenvalue weighted by atomic mass is 32.2. The van der Waals surface area contributed by atoms with Crippen LogP contribution >= 0.6 is 12.0 Å². The maximum atomic E-state index is 14.2. The predicted molar refractivity (Wildman–Crippen MR) is 189 cm³/mol. The number of benzene rings is 3. The van der Waals surface area contributed by atoms with Crippen molar-refractivity contribution in [3.8, 4) is 0 Å². The Kier molecular flexibility index (Phi) is 14.5. The van der Waals surface area contributed by atoms with Crippen LogP contribution in [-0.4, -0.2) is 73.0 Å². The fraction of sp³-hybridized carbons (Fsp3) is 0.172. The molecule has 0 spiro atoms. The van der Waals surface area contributed by atoms with Crippen LogP contribution in [0.3, 0.4) is 0 Å². The van der Waals surface area contributed by atoms with Gasteiger partial charge in [-0.1, -0.05) is 11.6 Å². The molecule has 0 aliphatic heterocycles. The van der Waals surface area contributed by atoms with Crippen molar-refractivity contribution in [2.75, 3.05) is 41.5 Å². The Hall–Kier alpha value is -5.34. The second-order valence-electron chi connectivity index (χ2n) is 10.1. The van der Waals surface area contributed by atoms with Gasteiger partial charge in [0, 0.05) is 29.5 Å². The van der Waals surface area contributed by atoms with Gasteiger partial charge in [-0.05, 0) is 60.7 Å². The molecule has 4 rings (SSSR count). The lowest BCUT2D eigenvalue weighted by atomic mass is 10.2. The first-order valence-corrected chi connectivity index (χ1v) is 18.6. The van der Waals surface area contributed by atoms with E-state index in [1.165, 1.54) is 37.3 Å². The Labute approximate surface area is 305 Å². The van der Waals surface area contributed by atoms with Crippen LogP contribution in [0.25, 0.3) is 0 Å². The zero-order valence-corrected chi connectivity index (χ0v) is 29.7. The summed E-state index contributed by atoms with van der Waals surface area (Å²) >= 11 is 0.742. The third-order valence-corrected chi connectivity index (χ3v) is 8.95. The first-order chi connectivity index (χ1) is 25.2. The fourth-order valence-electron chi connectivity index (χ4n) is 3.90. The van der Waals surface area contributed by atoms with Crippen LogP contribution in [0.2, 0.25) is 0 Å². The van der Waals surface area contributed by atoms with Gasteiger partial charge >= 0.3 is 6.08 Å². The SMILES string of the molecule is C=CS(=O)(=O)CCOCCNc1nc(F)nc(Nc2ccc(N=Nc3ccc(N=Nc4ccc(SOOO)cc4)cc3S(=O)(=O)O)c(NC(C)=O)c2)n1. The van der Waals surface area contributed by atoms with Crippen molar-refractivity contribution in [3.63, 3.8) is 0 Å². The number of nitrogens with one attached hydrogen (secondary N) is 3. The molecular weight excluding hydrogens is 764 g/mol. The van der Waals surface area contributed by atoms with Gasteiger partial charge in [0.15, 0.2) is 9.84 Å². The maximum absolute atomic E-state index is 14.2. The molecule has 20 nitrogen and oxygen atoms in total. The second-order valence-corrected chi connectivity index (χ2v) is 14.3. The van der Waals surface area contributed by atoms with Gasteiger partial charge in [0.1, 0.15) is 16.3 Å². The molecule has 3 aromatic carbocycles. The van der Waals surface area contributed by atoms with Gasteiger partial charge in [-0.15, -0.1) is 14.6 Å². The van der Waals surface area contributed by atoms with E-state index in [1.54, 1.807) is 24.3 Å². The summed E-state index contributed by atoms with van der Waals surface area (Å²) in [6, 6.07) is 14.2. The van der Waals surface area contributed by atoms with Crippen molar-refractivity contribution in [1.29, 1.82) is 0 Å². The van der Waals surface area contributed by atoms with Crippen LogP contribution < -0.4 is 16.0 Å². The molecule has 0 saturated carbocycles. The van der Waals surface area contributed by atoms with Gasteiger partial charge in [0.2, 0.25) is 17.8 Å². The zero-order valence-electron chi connectivity index (χ0n) is 27.3. The number of nitrogens with zero attached hydrogens (tertiary/aromatic N) is 7. The van der Waals surface area contributed by atoms with Gasteiger partial charge in [-0.3, -0.25) is 9.35 Å². The number of aromatic nitrogens is 3. The fourth-order valence-corrected chi connectivity index (χ4v) is 5.42. The van der Waals surface area contributed by atoms with Crippen molar-refractivity contribution in [1.82, 2.24) is 15.0 Å². The molecule has 1 amide bonds. The Bertz CT molecular complexity index is 2210. The Balaban J connectivity index is 1.48. The van der Waals surface area contributed by atoms with Gasteiger partial charge in [-0.2, -0.15) is 38.0 Å².